The molecule has 132 valence electrons. The van der Waals surface area contributed by atoms with Crippen LogP contribution in [0, 0.1) is 0 Å². The Kier molecular flexibility index (Phi) is 4.17. The lowest BCUT2D eigenvalue weighted by Crippen LogP contribution is -2.35. The zero-order valence-corrected chi connectivity index (χ0v) is 14.2. The van der Waals surface area contributed by atoms with Gasteiger partial charge in [-0.15, -0.1) is 0 Å². The molecule has 4 rings (SSSR count). The Hall–Kier alpha value is -2.41. The first-order valence-electron chi connectivity index (χ1n) is 8.99. The third kappa shape index (κ3) is 3.37. The van der Waals surface area contributed by atoms with Gasteiger partial charge in [0.25, 0.3) is 5.91 Å². The monoisotopic (exact) mass is 340 g/mol. The van der Waals surface area contributed by atoms with Gasteiger partial charge < -0.3 is 16.8 Å². The Labute approximate surface area is 146 Å². The maximum Gasteiger partial charge on any atom is 0.254 e. The second kappa shape index (κ2) is 6.48. The number of carbonyl (C=O) groups is 1. The number of primary amides is 1. The molecule has 2 aliphatic rings. The number of nitrogens with one attached hydrogen (secondary N) is 1. The van der Waals surface area contributed by atoms with Gasteiger partial charge in [-0.2, -0.15) is 5.10 Å². The summed E-state index contributed by atoms with van der Waals surface area (Å²) in [6.07, 6.45) is 10.2. The second-order valence-electron chi connectivity index (χ2n) is 7.12. The number of nitrogens with zero attached hydrogens (tertiary/aromatic N) is 3. The summed E-state index contributed by atoms with van der Waals surface area (Å²) in [7, 11) is 0. The van der Waals surface area contributed by atoms with Crippen LogP contribution in [0.25, 0.3) is 0 Å². The molecular weight excluding hydrogens is 316 g/mol. The molecule has 2 heterocycles. The highest BCUT2D eigenvalue weighted by Gasteiger charge is 2.27. The zero-order chi connectivity index (χ0) is 17.4. The molecule has 0 aromatic carbocycles. The summed E-state index contributed by atoms with van der Waals surface area (Å²) in [5, 5.41) is 7.75. The molecule has 7 heteroatoms. The summed E-state index contributed by atoms with van der Waals surface area (Å²) in [4.78, 5) is 16.3. The van der Waals surface area contributed by atoms with Gasteiger partial charge in [0.15, 0.2) is 5.82 Å². The van der Waals surface area contributed by atoms with Crippen LogP contribution in [0.4, 0.5) is 11.5 Å². The summed E-state index contributed by atoms with van der Waals surface area (Å²) < 4.78 is 1.80. The minimum Gasteiger partial charge on any atom is -0.365 e. The molecule has 2 aromatic heterocycles. The maximum absolute atomic E-state index is 11.8. The third-order valence-corrected chi connectivity index (χ3v) is 5.16. The van der Waals surface area contributed by atoms with Crippen LogP contribution in [0.3, 0.4) is 0 Å². The van der Waals surface area contributed by atoms with Crippen LogP contribution in [0.5, 0.6) is 0 Å². The minimum atomic E-state index is -0.499. The van der Waals surface area contributed by atoms with Gasteiger partial charge in [-0.1, -0.05) is 12.8 Å². The number of rotatable bonds is 5. The first-order valence-corrected chi connectivity index (χ1v) is 8.99. The highest BCUT2D eigenvalue weighted by Crippen LogP contribution is 2.39. The van der Waals surface area contributed by atoms with Gasteiger partial charge in [0, 0.05) is 23.9 Å². The van der Waals surface area contributed by atoms with Crippen molar-refractivity contribution in [1.82, 2.24) is 14.8 Å². The Balaban J connectivity index is 1.58. The Bertz CT molecular complexity index is 764. The highest BCUT2D eigenvalue weighted by atomic mass is 16.1. The SMILES string of the molecule is NC(=O)c1cn(C2CCCCC2N)nc1Nc1ccc(C2CC2)nc1. The molecule has 0 bridgehead atoms. The average Bonchev–Trinajstić information content (AvgIpc) is 3.37. The molecule has 2 aliphatic carbocycles. The van der Waals surface area contributed by atoms with Crippen molar-refractivity contribution in [2.75, 3.05) is 5.32 Å². The van der Waals surface area contributed by atoms with E-state index in [4.69, 9.17) is 11.5 Å². The van der Waals surface area contributed by atoms with Crippen LogP contribution < -0.4 is 16.8 Å². The van der Waals surface area contributed by atoms with Crippen molar-refractivity contribution < 1.29 is 4.79 Å². The molecule has 2 aromatic rings. The van der Waals surface area contributed by atoms with Gasteiger partial charge in [-0.3, -0.25) is 14.5 Å². The number of carbonyl (C=O) groups excluding carboxylic acids is 1. The van der Waals surface area contributed by atoms with Gasteiger partial charge >= 0.3 is 0 Å². The lowest BCUT2D eigenvalue weighted by Gasteiger charge is -2.28. The molecule has 1 amide bonds. The first-order chi connectivity index (χ1) is 12.1. The van der Waals surface area contributed by atoms with E-state index < -0.39 is 5.91 Å². The molecule has 0 aliphatic heterocycles. The van der Waals surface area contributed by atoms with Crippen molar-refractivity contribution >= 4 is 17.4 Å². The Morgan fingerprint density at radius 3 is 2.64 bits per heavy atom. The van der Waals surface area contributed by atoms with E-state index in [0.29, 0.717) is 17.3 Å². The number of nitrogens with two attached hydrogens (primary N) is 2. The number of aromatic nitrogens is 3. The number of pyridine rings is 1. The van der Waals surface area contributed by atoms with Crippen LogP contribution in [0.15, 0.2) is 24.5 Å². The summed E-state index contributed by atoms with van der Waals surface area (Å²) in [6.45, 7) is 0. The number of amides is 1. The van der Waals surface area contributed by atoms with Gasteiger partial charge in [-0.05, 0) is 37.8 Å². The lowest BCUT2D eigenvalue weighted by atomic mass is 9.91. The van der Waals surface area contributed by atoms with Gasteiger partial charge in [0.2, 0.25) is 0 Å². The Morgan fingerprint density at radius 1 is 1.20 bits per heavy atom. The Morgan fingerprint density at radius 2 is 2.00 bits per heavy atom. The number of hydrogen-bond donors (Lipinski definition) is 3. The molecule has 2 atom stereocenters. The third-order valence-electron chi connectivity index (χ3n) is 5.16. The van der Waals surface area contributed by atoms with Gasteiger partial charge in [0.1, 0.15) is 5.56 Å². The fourth-order valence-corrected chi connectivity index (χ4v) is 3.54. The zero-order valence-electron chi connectivity index (χ0n) is 14.2. The van der Waals surface area contributed by atoms with Gasteiger partial charge in [-0.25, -0.2) is 0 Å². The summed E-state index contributed by atoms with van der Waals surface area (Å²) in [6, 6.07) is 4.16. The highest BCUT2D eigenvalue weighted by molar-refractivity contribution is 5.98. The average molecular weight is 340 g/mol. The minimum absolute atomic E-state index is 0.0571. The number of anilines is 2. The topological polar surface area (TPSA) is 112 Å². The van der Waals surface area contributed by atoms with E-state index in [9.17, 15) is 4.79 Å². The van der Waals surface area contributed by atoms with E-state index in [-0.39, 0.29) is 12.1 Å². The van der Waals surface area contributed by atoms with Crippen LogP contribution in [0.1, 0.15) is 66.5 Å². The van der Waals surface area contributed by atoms with Crippen molar-refractivity contribution in [3.8, 4) is 0 Å². The fourth-order valence-electron chi connectivity index (χ4n) is 3.54. The smallest absolute Gasteiger partial charge is 0.254 e. The van der Waals surface area contributed by atoms with Crippen LogP contribution in [-0.4, -0.2) is 26.7 Å². The molecule has 2 saturated carbocycles. The van der Waals surface area contributed by atoms with E-state index in [0.717, 1.165) is 37.1 Å². The van der Waals surface area contributed by atoms with Crippen molar-refractivity contribution in [1.29, 1.82) is 0 Å². The molecule has 25 heavy (non-hydrogen) atoms. The standard InChI is InChI=1S/C18H24N6O/c19-14-3-1-2-4-16(14)24-10-13(17(20)25)18(23-24)22-12-7-8-15(21-9-12)11-5-6-11/h7-11,14,16H,1-6,19H2,(H2,20,25)(H,22,23). The van der Waals surface area contributed by atoms with Crippen molar-refractivity contribution in [2.45, 2.75) is 56.5 Å². The largest absolute Gasteiger partial charge is 0.365 e. The lowest BCUT2D eigenvalue weighted by molar-refractivity contribution is 0.100. The summed E-state index contributed by atoms with van der Waals surface area (Å²) in [5.41, 5.74) is 14.1. The van der Waals surface area contributed by atoms with Crippen LogP contribution >= 0.6 is 0 Å². The normalized spacial score (nSPS) is 23.4. The quantitative estimate of drug-likeness (QED) is 0.774. The number of hydrogen-bond acceptors (Lipinski definition) is 5. The molecule has 0 saturated heterocycles. The summed E-state index contributed by atoms with van der Waals surface area (Å²) >= 11 is 0. The molecule has 0 radical (unpaired) electrons. The fraction of sp³-hybridized carbons (Fsp3) is 0.500. The van der Waals surface area contributed by atoms with Crippen LogP contribution in [-0.2, 0) is 0 Å². The van der Waals surface area contributed by atoms with E-state index in [1.54, 1.807) is 17.1 Å². The van der Waals surface area contributed by atoms with Crippen molar-refractivity contribution in [2.24, 2.45) is 11.5 Å². The molecule has 7 nitrogen and oxygen atoms in total. The van der Waals surface area contributed by atoms with Crippen molar-refractivity contribution in [3.05, 3.63) is 35.8 Å². The second-order valence-corrected chi connectivity index (χ2v) is 7.12. The molecule has 0 spiro atoms. The maximum atomic E-state index is 11.8. The predicted octanol–water partition coefficient (Wildman–Crippen LogP) is 2.44. The van der Waals surface area contributed by atoms with E-state index in [2.05, 4.69) is 15.4 Å². The molecule has 2 unspecified atom stereocenters. The van der Waals surface area contributed by atoms with Crippen LogP contribution in [0.2, 0.25) is 0 Å². The predicted molar refractivity (Wildman–Crippen MR) is 95.7 cm³/mol. The molecule has 5 N–H and O–H groups in total. The summed E-state index contributed by atoms with van der Waals surface area (Å²) in [5.74, 6) is 0.578. The van der Waals surface area contributed by atoms with E-state index in [1.165, 1.54) is 12.8 Å². The van der Waals surface area contributed by atoms with E-state index >= 15 is 0 Å². The molecule has 2 fully saturated rings. The molecular formula is C18H24N6O. The van der Waals surface area contributed by atoms with Crippen molar-refractivity contribution in [3.63, 3.8) is 0 Å². The van der Waals surface area contributed by atoms with Gasteiger partial charge in [0.05, 0.1) is 17.9 Å². The first kappa shape index (κ1) is 16.1. The van der Waals surface area contributed by atoms with E-state index in [1.807, 2.05) is 12.1 Å².